The van der Waals surface area contributed by atoms with E-state index in [0.717, 1.165) is 5.56 Å². The molecule has 0 atom stereocenters. The van der Waals surface area contributed by atoms with Gasteiger partial charge in [0.2, 0.25) is 5.91 Å². The summed E-state index contributed by atoms with van der Waals surface area (Å²) in [6.45, 7) is 5.08. The molecular formula is C21H24N2O5. The zero-order valence-corrected chi connectivity index (χ0v) is 16.3. The number of ether oxygens (including phenoxy) is 3. The Bertz CT molecular complexity index is 881. The number of rotatable bonds is 6. The molecule has 0 unspecified atom stereocenters. The number of amides is 2. The van der Waals surface area contributed by atoms with Gasteiger partial charge in [-0.2, -0.15) is 0 Å². The summed E-state index contributed by atoms with van der Waals surface area (Å²) in [5.41, 5.74) is 2.02. The third kappa shape index (κ3) is 4.36. The van der Waals surface area contributed by atoms with Crippen LogP contribution in [0, 0.1) is 6.92 Å². The van der Waals surface area contributed by atoms with Gasteiger partial charge in [-0.1, -0.05) is 6.07 Å². The van der Waals surface area contributed by atoms with Gasteiger partial charge in [-0.05, 0) is 43.7 Å². The molecule has 2 amide bonds. The number of anilines is 1. The number of fused-ring (bicyclic) bond motifs is 1. The van der Waals surface area contributed by atoms with Crippen molar-refractivity contribution in [2.24, 2.45) is 0 Å². The molecule has 148 valence electrons. The number of methoxy groups -OCH3 is 1. The maximum Gasteiger partial charge on any atom is 0.254 e. The Morgan fingerprint density at radius 3 is 2.57 bits per heavy atom. The fraction of sp³-hybridized carbons (Fsp3) is 0.333. The second-order valence-corrected chi connectivity index (χ2v) is 6.41. The summed E-state index contributed by atoms with van der Waals surface area (Å²) in [5, 5.41) is 2.80. The van der Waals surface area contributed by atoms with Crippen LogP contribution >= 0.6 is 0 Å². The van der Waals surface area contributed by atoms with Crippen LogP contribution in [-0.2, 0) is 4.79 Å². The molecular weight excluding hydrogens is 360 g/mol. The first-order chi connectivity index (χ1) is 13.5. The van der Waals surface area contributed by atoms with E-state index in [0.29, 0.717) is 48.3 Å². The smallest absolute Gasteiger partial charge is 0.254 e. The second kappa shape index (κ2) is 8.65. The molecule has 2 aromatic rings. The molecule has 2 aromatic carbocycles. The number of likely N-dealkylation sites (N-methyl/N-ethyl adjacent to an activating group) is 1. The number of carbonyl (C=O) groups is 2. The summed E-state index contributed by atoms with van der Waals surface area (Å²) in [4.78, 5) is 26.7. The fourth-order valence-electron chi connectivity index (χ4n) is 2.96. The van der Waals surface area contributed by atoms with Crippen LogP contribution in [0.15, 0.2) is 36.4 Å². The van der Waals surface area contributed by atoms with Gasteiger partial charge in [0, 0.05) is 23.9 Å². The molecule has 0 saturated carbocycles. The van der Waals surface area contributed by atoms with Crippen LogP contribution < -0.4 is 19.5 Å². The molecule has 0 spiro atoms. The SMILES string of the molecule is CCN(CC(=O)Nc1ccc2c(c1)OCCO2)C(=O)c1ccc(C)c(OC)c1. The highest BCUT2D eigenvalue weighted by Crippen LogP contribution is 2.32. The monoisotopic (exact) mass is 384 g/mol. The first kappa shape index (κ1) is 19.5. The number of benzene rings is 2. The number of hydrogen-bond donors (Lipinski definition) is 1. The lowest BCUT2D eigenvalue weighted by molar-refractivity contribution is -0.116. The summed E-state index contributed by atoms with van der Waals surface area (Å²) < 4.78 is 16.3. The Hall–Kier alpha value is -3.22. The van der Waals surface area contributed by atoms with Crippen LogP contribution in [0.2, 0.25) is 0 Å². The molecule has 3 rings (SSSR count). The third-order valence-electron chi connectivity index (χ3n) is 4.48. The van der Waals surface area contributed by atoms with E-state index in [9.17, 15) is 9.59 Å². The molecule has 28 heavy (non-hydrogen) atoms. The van der Waals surface area contributed by atoms with Gasteiger partial charge in [0.25, 0.3) is 5.91 Å². The molecule has 0 radical (unpaired) electrons. The van der Waals surface area contributed by atoms with Crippen molar-refractivity contribution in [1.82, 2.24) is 4.90 Å². The Balaban J connectivity index is 1.67. The normalized spacial score (nSPS) is 12.2. The molecule has 0 fully saturated rings. The fourth-order valence-corrected chi connectivity index (χ4v) is 2.96. The van der Waals surface area contributed by atoms with Crippen molar-refractivity contribution < 1.29 is 23.8 Å². The van der Waals surface area contributed by atoms with Gasteiger partial charge >= 0.3 is 0 Å². The van der Waals surface area contributed by atoms with Crippen LogP contribution in [0.5, 0.6) is 17.2 Å². The zero-order chi connectivity index (χ0) is 20.1. The van der Waals surface area contributed by atoms with E-state index in [1.807, 2.05) is 19.9 Å². The summed E-state index contributed by atoms with van der Waals surface area (Å²) in [6.07, 6.45) is 0. The lowest BCUT2D eigenvalue weighted by Crippen LogP contribution is -2.37. The van der Waals surface area contributed by atoms with Gasteiger partial charge in [-0.3, -0.25) is 9.59 Å². The molecule has 1 aliphatic rings. The minimum absolute atomic E-state index is 0.0556. The lowest BCUT2D eigenvalue weighted by Gasteiger charge is -2.22. The predicted octanol–water partition coefficient (Wildman–Crippen LogP) is 2.88. The van der Waals surface area contributed by atoms with Crippen LogP contribution in [0.3, 0.4) is 0 Å². The molecule has 7 nitrogen and oxygen atoms in total. The highest BCUT2D eigenvalue weighted by molar-refractivity contribution is 5.99. The summed E-state index contributed by atoms with van der Waals surface area (Å²) >= 11 is 0. The molecule has 1 heterocycles. The first-order valence-corrected chi connectivity index (χ1v) is 9.15. The maximum absolute atomic E-state index is 12.8. The van der Waals surface area contributed by atoms with E-state index in [1.54, 1.807) is 37.4 Å². The average Bonchev–Trinajstić information content (AvgIpc) is 2.71. The number of aryl methyl sites for hydroxylation is 1. The number of nitrogens with one attached hydrogen (secondary N) is 1. The maximum atomic E-state index is 12.8. The molecule has 0 saturated heterocycles. The highest BCUT2D eigenvalue weighted by Gasteiger charge is 2.19. The van der Waals surface area contributed by atoms with Crippen LogP contribution in [-0.4, -0.2) is 50.1 Å². The van der Waals surface area contributed by atoms with Crippen LogP contribution in [0.4, 0.5) is 5.69 Å². The number of carbonyl (C=O) groups excluding carboxylic acids is 2. The average molecular weight is 384 g/mol. The second-order valence-electron chi connectivity index (χ2n) is 6.41. The summed E-state index contributed by atoms with van der Waals surface area (Å²) in [6, 6.07) is 10.5. The predicted molar refractivity (Wildman–Crippen MR) is 105 cm³/mol. The molecule has 0 aliphatic carbocycles. The first-order valence-electron chi connectivity index (χ1n) is 9.15. The topological polar surface area (TPSA) is 77.1 Å². The molecule has 1 N–H and O–H groups in total. The van der Waals surface area contributed by atoms with Gasteiger partial charge in [0.05, 0.1) is 7.11 Å². The zero-order valence-electron chi connectivity index (χ0n) is 16.3. The molecule has 0 aromatic heterocycles. The van der Waals surface area contributed by atoms with E-state index >= 15 is 0 Å². The summed E-state index contributed by atoms with van der Waals surface area (Å²) in [7, 11) is 1.56. The Morgan fingerprint density at radius 2 is 1.86 bits per heavy atom. The Morgan fingerprint density at radius 1 is 1.11 bits per heavy atom. The van der Waals surface area contributed by atoms with E-state index in [1.165, 1.54) is 4.90 Å². The van der Waals surface area contributed by atoms with Crippen molar-refractivity contribution >= 4 is 17.5 Å². The van der Waals surface area contributed by atoms with Gasteiger partial charge in [-0.25, -0.2) is 0 Å². The summed E-state index contributed by atoms with van der Waals surface area (Å²) in [5.74, 6) is 1.38. The quantitative estimate of drug-likeness (QED) is 0.829. The molecule has 0 bridgehead atoms. The minimum atomic E-state index is -0.286. The highest BCUT2D eigenvalue weighted by atomic mass is 16.6. The van der Waals surface area contributed by atoms with Crippen molar-refractivity contribution in [3.63, 3.8) is 0 Å². The number of hydrogen-bond acceptors (Lipinski definition) is 5. The van der Waals surface area contributed by atoms with Crippen molar-refractivity contribution in [2.75, 3.05) is 38.7 Å². The Labute approximate surface area is 164 Å². The number of nitrogens with zero attached hydrogens (tertiary/aromatic N) is 1. The standard InChI is InChI=1S/C21H24N2O5/c1-4-23(21(25)15-6-5-14(2)18(11-15)26-3)13-20(24)22-16-7-8-17-19(12-16)28-10-9-27-17/h5-8,11-12H,4,9-10,13H2,1-3H3,(H,22,24). The van der Waals surface area contributed by atoms with Gasteiger partial charge in [0.15, 0.2) is 11.5 Å². The van der Waals surface area contributed by atoms with Crippen molar-refractivity contribution in [1.29, 1.82) is 0 Å². The van der Waals surface area contributed by atoms with E-state index in [2.05, 4.69) is 5.32 Å². The molecule has 7 heteroatoms. The Kier molecular flexibility index (Phi) is 6.03. The van der Waals surface area contributed by atoms with Crippen LogP contribution in [0.1, 0.15) is 22.8 Å². The minimum Gasteiger partial charge on any atom is -0.496 e. The van der Waals surface area contributed by atoms with E-state index < -0.39 is 0 Å². The third-order valence-corrected chi connectivity index (χ3v) is 4.48. The van der Waals surface area contributed by atoms with Crippen molar-refractivity contribution in [2.45, 2.75) is 13.8 Å². The largest absolute Gasteiger partial charge is 0.496 e. The van der Waals surface area contributed by atoms with Crippen LogP contribution in [0.25, 0.3) is 0 Å². The van der Waals surface area contributed by atoms with E-state index in [-0.39, 0.29) is 18.4 Å². The lowest BCUT2D eigenvalue weighted by atomic mass is 10.1. The van der Waals surface area contributed by atoms with Gasteiger partial charge in [0.1, 0.15) is 25.5 Å². The van der Waals surface area contributed by atoms with E-state index in [4.69, 9.17) is 14.2 Å². The van der Waals surface area contributed by atoms with Gasteiger partial charge < -0.3 is 24.4 Å². The van der Waals surface area contributed by atoms with Crippen molar-refractivity contribution in [3.05, 3.63) is 47.5 Å². The van der Waals surface area contributed by atoms with Gasteiger partial charge in [-0.15, -0.1) is 0 Å². The molecule has 1 aliphatic heterocycles. The van der Waals surface area contributed by atoms with Crippen molar-refractivity contribution in [3.8, 4) is 17.2 Å².